The average Bonchev–Trinajstić information content (AvgIpc) is 3.98. The fourth-order valence-corrected chi connectivity index (χ4v) is 12.8. The third kappa shape index (κ3) is 6.66. The summed E-state index contributed by atoms with van der Waals surface area (Å²) >= 11 is 0. The van der Waals surface area contributed by atoms with Crippen LogP contribution in [-0.2, 0) is 5.41 Å². The molecule has 2 nitrogen and oxygen atoms in total. The van der Waals surface area contributed by atoms with Crippen LogP contribution in [0.15, 0.2) is 291 Å². The quantitative estimate of drug-likeness (QED) is 0.140. The van der Waals surface area contributed by atoms with Gasteiger partial charge in [-0.25, -0.2) is 0 Å². The zero-order valence-corrected chi connectivity index (χ0v) is 41.1. The van der Waals surface area contributed by atoms with Crippen LogP contribution >= 0.6 is 0 Å². The minimum Gasteiger partial charge on any atom is -0.311 e. The zero-order valence-electron chi connectivity index (χ0n) is 41.1. The standard InChI is InChI=1S/C73H48N2/c1-3-17-49(18-4-1)50-31-36-55(37-32-50)74(54-21-5-2-6-22-54)57-40-42-58(43-41-57)75(56-38-33-52(34-39-56)67-47-53-20-8-9-23-60(53)62-25-11-12-26-63(62)67)59-44-46-71-68(48-59)65-28-14-16-30-70(65)73(71)69-29-15-13-27-64(69)66-45-35-51-19-7-10-24-61(51)72(66)73/h1-48H. The lowest BCUT2D eigenvalue weighted by molar-refractivity contribution is 0.801. The first-order valence-electron chi connectivity index (χ1n) is 26.0. The molecule has 75 heavy (non-hydrogen) atoms. The lowest BCUT2D eigenvalue weighted by Crippen LogP contribution is -2.26. The lowest BCUT2D eigenvalue weighted by Gasteiger charge is -2.32. The van der Waals surface area contributed by atoms with Crippen molar-refractivity contribution in [3.8, 4) is 44.5 Å². The van der Waals surface area contributed by atoms with Crippen molar-refractivity contribution in [3.05, 3.63) is 313 Å². The van der Waals surface area contributed by atoms with Gasteiger partial charge in [-0.1, -0.05) is 212 Å². The van der Waals surface area contributed by atoms with Gasteiger partial charge in [0.05, 0.1) is 5.41 Å². The second-order valence-corrected chi connectivity index (χ2v) is 20.0. The van der Waals surface area contributed by atoms with Crippen molar-refractivity contribution in [2.45, 2.75) is 5.41 Å². The molecule has 2 aliphatic carbocycles. The van der Waals surface area contributed by atoms with Crippen molar-refractivity contribution in [2.24, 2.45) is 0 Å². The fraction of sp³-hybridized carbons (Fsp3) is 0.0137. The summed E-state index contributed by atoms with van der Waals surface area (Å²) in [6.07, 6.45) is 0. The summed E-state index contributed by atoms with van der Waals surface area (Å²) in [5.41, 5.74) is 21.4. The molecule has 2 heteroatoms. The Hall–Kier alpha value is -9.76. The molecule has 1 unspecified atom stereocenters. The van der Waals surface area contributed by atoms with E-state index in [0.29, 0.717) is 0 Å². The van der Waals surface area contributed by atoms with E-state index in [1.165, 1.54) is 99.1 Å². The predicted octanol–water partition coefficient (Wildman–Crippen LogP) is 19.8. The van der Waals surface area contributed by atoms with Gasteiger partial charge in [-0.3, -0.25) is 0 Å². The average molecular weight is 953 g/mol. The van der Waals surface area contributed by atoms with E-state index in [1.807, 2.05) is 0 Å². The van der Waals surface area contributed by atoms with E-state index in [2.05, 4.69) is 301 Å². The van der Waals surface area contributed by atoms with Gasteiger partial charge in [-0.15, -0.1) is 0 Å². The van der Waals surface area contributed by atoms with E-state index in [4.69, 9.17) is 0 Å². The molecule has 0 N–H and O–H groups in total. The summed E-state index contributed by atoms with van der Waals surface area (Å²) in [6.45, 7) is 0. The molecule has 0 fully saturated rings. The highest BCUT2D eigenvalue weighted by molar-refractivity contribution is 6.14. The number of fused-ring (bicyclic) bond motifs is 15. The van der Waals surface area contributed by atoms with Gasteiger partial charge >= 0.3 is 0 Å². The molecule has 350 valence electrons. The molecule has 0 heterocycles. The van der Waals surface area contributed by atoms with Gasteiger partial charge in [-0.2, -0.15) is 0 Å². The van der Waals surface area contributed by atoms with Gasteiger partial charge in [0.15, 0.2) is 0 Å². The zero-order chi connectivity index (χ0) is 49.5. The van der Waals surface area contributed by atoms with Gasteiger partial charge in [-0.05, 0) is 178 Å². The van der Waals surface area contributed by atoms with E-state index in [1.54, 1.807) is 0 Å². The van der Waals surface area contributed by atoms with Crippen LogP contribution in [-0.4, -0.2) is 0 Å². The molecule has 13 aromatic rings. The molecule has 1 atom stereocenters. The summed E-state index contributed by atoms with van der Waals surface area (Å²) in [5.74, 6) is 0. The third-order valence-corrected chi connectivity index (χ3v) is 16.0. The number of benzene rings is 13. The Morgan fingerprint density at radius 1 is 0.213 bits per heavy atom. The van der Waals surface area contributed by atoms with E-state index >= 15 is 0 Å². The first-order chi connectivity index (χ1) is 37.2. The summed E-state index contributed by atoms with van der Waals surface area (Å²) < 4.78 is 0. The van der Waals surface area contributed by atoms with Crippen LogP contribution < -0.4 is 9.80 Å². The van der Waals surface area contributed by atoms with E-state index in [9.17, 15) is 0 Å². The monoisotopic (exact) mass is 952 g/mol. The Morgan fingerprint density at radius 2 is 0.653 bits per heavy atom. The summed E-state index contributed by atoms with van der Waals surface area (Å²) in [5, 5.41) is 7.60. The maximum absolute atomic E-state index is 2.46. The summed E-state index contributed by atoms with van der Waals surface area (Å²) in [6, 6.07) is 107. The molecule has 13 aromatic carbocycles. The number of para-hydroxylation sites is 1. The largest absolute Gasteiger partial charge is 0.311 e. The van der Waals surface area contributed by atoms with E-state index < -0.39 is 5.41 Å². The first kappa shape index (κ1) is 42.9. The number of anilines is 6. The Morgan fingerprint density at radius 3 is 1.32 bits per heavy atom. The highest BCUT2D eigenvalue weighted by Gasteiger charge is 2.52. The molecule has 0 amide bonds. The molecule has 0 aromatic heterocycles. The highest BCUT2D eigenvalue weighted by atomic mass is 15.2. The van der Waals surface area contributed by atoms with E-state index in [-0.39, 0.29) is 0 Å². The maximum Gasteiger partial charge on any atom is 0.0731 e. The molecule has 15 rings (SSSR count). The minimum atomic E-state index is -0.478. The van der Waals surface area contributed by atoms with Crippen LogP contribution in [0.5, 0.6) is 0 Å². The molecule has 2 aliphatic rings. The minimum absolute atomic E-state index is 0.478. The Kier molecular flexibility index (Phi) is 9.83. The Labute approximate surface area is 437 Å². The maximum atomic E-state index is 2.46. The SMILES string of the molecule is c1ccc(-c2ccc(N(c3ccccc3)c3ccc(N(c4ccc(-c5cc6ccccc6c6ccccc56)cc4)c4ccc5c(c4)-c4ccccc4C54c5ccccc5-c5ccc6ccccc6c54)cc3)cc2)cc1. The summed E-state index contributed by atoms with van der Waals surface area (Å²) in [4.78, 5) is 4.78. The second kappa shape index (κ2) is 17.2. The van der Waals surface area contributed by atoms with Crippen molar-refractivity contribution in [2.75, 3.05) is 9.80 Å². The third-order valence-electron chi connectivity index (χ3n) is 16.0. The van der Waals surface area contributed by atoms with Gasteiger partial charge in [0, 0.05) is 34.1 Å². The van der Waals surface area contributed by atoms with Gasteiger partial charge in [0.25, 0.3) is 0 Å². The first-order valence-corrected chi connectivity index (χ1v) is 26.0. The van der Waals surface area contributed by atoms with Crippen LogP contribution in [0.3, 0.4) is 0 Å². The molecule has 0 bridgehead atoms. The van der Waals surface area contributed by atoms with Crippen LogP contribution in [0, 0.1) is 0 Å². The van der Waals surface area contributed by atoms with Crippen molar-refractivity contribution in [1.29, 1.82) is 0 Å². The molecule has 0 aliphatic heterocycles. The number of hydrogen-bond donors (Lipinski definition) is 0. The van der Waals surface area contributed by atoms with Gasteiger partial charge < -0.3 is 9.80 Å². The molecule has 1 spiro atoms. The predicted molar refractivity (Wildman–Crippen MR) is 315 cm³/mol. The normalized spacial score (nSPS) is 13.9. The van der Waals surface area contributed by atoms with Crippen molar-refractivity contribution >= 4 is 66.4 Å². The number of hydrogen-bond acceptors (Lipinski definition) is 2. The number of nitrogens with zero attached hydrogens (tertiary/aromatic N) is 2. The van der Waals surface area contributed by atoms with Crippen LogP contribution in [0.4, 0.5) is 34.1 Å². The van der Waals surface area contributed by atoms with Gasteiger partial charge in [0.1, 0.15) is 0 Å². The van der Waals surface area contributed by atoms with Crippen LogP contribution in [0.1, 0.15) is 22.3 Å². The lowest BCUT2D eigenvalue weighted by atomic mass is 9.69. The van der Waals surface area contributed by atoms with Crippen LogP contribution in [0.25, 0.3) is 76.8 Å². The van der Waals surface area contributed by atoms with Crippen LogP contribution in [0.2, 0.25) is 0 Å². The topological polar surface area (TPSA) is 6.48 Å². The Balaban J connectivity index is 0.900. The smallest absolute Gasteiger partial charge is 0.0731 e. The fourth-order valence-electron chi connectivity index (χ4n) is 12.8. The highest BCUT2D eigenvalue weighted by Crippen LogP contribution is 2.64. The van der Waals surface area contributed by atoms with Crippen molar-refractivity contribution in [3.63, 3.8) is 0 Å². The summed E-state index contributed by atoms with van der Waals surface area (Å²) in [7, 11) is 0. The van der Waals surface area contributed by atoms with E-state index in [0.717, 1.165) is 34.1 Å². The molecule has 0 saturated heterocycles. The van der Waals surface area contributed by atoms with Crippen molar-refractivity contribution in [1.82, 2.24) is 0 Å². The van der Waals surface area contributed by atoms with Crippen molar-refractivity contribution < 1.29 is 0 Å². The second-order valence-electron chi connectivity index (χ2n) is 20.0. The molecule has 0 saturated carbocycles. The molecular weight excluding hydrogens is 905 g/mol. The van der Waals surface area contributed by atoms with Gasteiger partial charge in [0.2, 0.25) is 0 Å². The molecule has 0 radical (unpaired) electrons. The molecular formula is C73H48N2. The Bertz CT molecular complexity index is 4330. The number of rotatable bonds is 8.